The van der Waals surface area contributed by atoms with E-state index >= 15 is 0 Å². The molecule has 5 heteroatoms. The lowest BCUT2D eigenvalue weighted by Crippen LogP contribution is -2.07. The Balaban J connectivity index is 1.28. The van der Waals surface area contributed by atoms with Crippen LogP contribution in [0.3, 0.4) is 0 Å². The van der Waals surface area contributed by atoms with Gasteiger partial charge >= 0.3 is 0 Å². The number of hydrogen-bond acceptors (Lipinski definition) is 4. The van der Waals surface area contributed by atoms with Crippen LogP contribution in [0.4, 0.5) is 0 Å². The molecule has 9 aromatic carbocycles. The minimum Gasteiger partial charge on any atom is -0.456 e. The Kier molecular flexibility index (Phi) is 6.56. The van der Waals surface area contributed by atoms with E-state index < -0.39 is 0 Å². The summed E-state index contributed by atoms with van der Waals surface area (Å²) >= 11 is 0. The lowest BCUT2D eigenvalue weighted by molar-refractivity contribution is 0.669. The Labute approximate surface area is 320 Å². The number of hydrogen-bond donors (Lipinski definition) is 0. The first kappa shape index (κ1) is 30.8. The topological polar surface area (TPSA) is 56.7 Å². The van der Waals surface area contributed by atoms with Crippen molar-refractivity contribution in [2.75, 3.05) is 0 Å². The van der Waals surface area contributed by atoms with Gasteiger partial charge in [-0.05, 0) is 50.7 Å². The number of rotatable bonds is 4. The van der Waals surface area contributed by atoms with Crippen LogP contribution in [-0.2, 0) is 0 Å². The van der Waals surface area contributed by atoms with Crippen molar-refractivity contribution in [2.24, 2.45) is 0 Å². The third kappa shape index (κ3) is 4.52. The van der Waals surface area contributed by atoms with Gasteiger partial charge in [0.15, 0.2) is 11.6 Å². The van der Waals surface area contributed by atoms with Crippen molar-refractivity contribution in [2.45, 2.75) is 0 Å². The van der Waals surface area contributed by atoms with Crippen LogP contribution in [0.25, 0.3) is 116 Å². The summed E-state index contributed by atoms with van der Waals surface area (Å²) in [6, 6.07) is 63.8. The molecule has 0 unspecified atom stereocenters. The minimum atomic E-state index is 0.555. The number of benzene rings is 9. The number of fused-ring (bicyclic) bond motifs is 12. The summed E-state index contributed by atoms with van der Waals surface area (Å²) in [5.41, 5.74) is 7.80. The van der Waals surface area contributed by atoms with Crippen LogP contribution in [0.15, 0.2) is 186 Å². The fourth-order valence-electron chi connectivity index (χ4n) is 8.78. The van der Waals surface area contributed by atoms with Crippen molar-refractivity contribution in [1.29, 1.82) is 0 Å². The molecule has 12 rings (SSSR count). The molecule has 0 saturated carbocycles. The van der Waals surface area contributed by atoms with Gasteiger partial charge in [0.25, 0.3) is 0 Å². The Morgan fingerprint density at radius 1 is 0.357 bits per heavy atom. The molecule has 0 radical (unpaired) electrons. The third-order valence-electron chi connectivity index (χ3n) is 11.2. The van der Waals surface area contributed by atoms with Crippen LogP contribution in [0.1, 0.15) is 0 Å². The van der Waals surface area contributed by atoms with E-state index in [0.29, 0.717) is 17.6 Å². The molecule has 56 heavy (non-hydrogen) atoms. The molecule has 0 N–H and O–H groups in total. The van der Waals surface area contributed by atoms with Crippen LogP contribution in [-0.4, -0.2) is 19.5 Å². The molecule has 260 valence electrons. The summed E-state index contributed by atoms with van der Waals surface area (Å²) < 4.78 is 8.74. The van der Waals surface area contributed by atoms with Gasteiger partial charge in [0, 0.05) is 43.6 Å². The van der Waals surface area contributed by atoms with E-state index in [0.717, 1.165) is 76.8 Å². The van der Waals surface area contributed by atoms with Crippen molar-refractivity contribution in [3.8, 4) is 39.9 Å². The second kappa shape index (κ2) is 11.9. The number of furan rings is 1. The van der Waals surface area contributed by atoms with Gasteiger partial charge in [-0.25, -0.2) is 4.98 Å². The standard InChI is InChI=1S/C51H30N4O/c1-2-15-32(16-3-1)49-52-50(34-29-28-31-14-4-5-17-33(31)30-34)54-51(53-49)55-47-40(38-23-13-27-44-45(38)41-22-10-11-26-43(41)56-44)24-12-25-42(47)46-37-20-8-6-18-35(37)36-19-7-9-21-39(36)48(46)55/h1-30H. The summed E-state index contributed by atoms with van der Waals surface area (Å²) in [6.45, 7) is 0. The first-order valence-electron chi connectivity index (χ1n) is 18.9. The summed E-state index contributed by atoms with van der Waals surface area (Å²) in [4.78, 5) is 16.0. The van der Waals surface area contributed by atoms with Crippen molar-refractivity contribution < 1.29 is 4.42 Å². The van der Waals surface area contributed by atoms with Gasteiger partial charge in [-0.2, -0.15) is 9.97 Å². The van der Waals surface area contributed by atoms with Crippen molar-refractivity contribution in [1.82, 2.24) is 19.5 Å². The van der Waals surface area contributed by atoms with Gasteiger partial charge in [0.1, 0.15) is 11.2 Å². The van der Waals surface area contributed by atoms with E-state index in [1.807, 2.05) is 30.3 Å². The molecule has 0 aliphatic rings. The maximum Gasteiger partial charge on any atom is 0.238 e. The second-order valence-electron chi connectivity index (χ2n) is 14.3. The van der Waals surface area contributed by atoms with E-state index in [1.165, 1.54) is 21.5 Å². The van der Waals surface area contributed by atoms with Crippen LogP contribution >= 0.6 is 0 Å². The van der Waals surface area contributed by atoms with E-state index in [-0.39, 0.29) is 0 Å². The van der Waals surface area contributed by atoms with Crippen molar-refractivity contribution >= 4 is 76.1 Å². The van der Waals surface area contributed by atoms with Gasteiger partial charge in [0.2, 0.25) is 5.95 Å². The van der Waals surface area contributed by atoms with Crippen molar-refractivity contribution in [3.05, 3.63) is 182 Å². The molecular weight excluding hydrogens is 685 g/mol. The highest BCUT2D eigenvalue weighted by Gasteiger charge is 2.25. The highest BCUT2D eigenvalue weighted by Crippen LogP contribution is 2.46. The summed E-state index contributed by atoms with van der Waals surface area (Å²) in [5, 5.41) is 11.4. The Bertz CT molecular complexity index is 3540. The molecular formula is C51H30N4O. The highest BCUT2D eigenvalue weighted by molar-refractivity contribution is 6.33. The summed E-state index contributed by atoms with van der Waals surface area (Å²) in [5.74, 6) is 1.78. The molecule has 0 atom stereocenters. The van der Waals surface area contributed by atoms with Crippen LogP contribution in [0.5, 0.6) is 0 Å². The Hall–Kier alpha value is -7.63. The average molecular weight is 715 g/mol. The van der Waals surface area contributed by atoms with E-state index in [2.05, 4.69) is 156 Å². The summed E-state index contributed by atoms with van der Waals surface area (Å²) in [7, 11) is 0. The quantitative estimate of drug-likeness (QED) is 0.170. The predicted octanol–water partition coefficient (Wildman–Crippen LogP) is 13.3. The molecule has 0 amide bonds. The molecule has 3 aromatic heterocycles. The minimum absolute atomic E-state index is 0.555. The molecule has 0 aliphatic heterocycles. The van der Waals surface area contributed by atoms with Gasteiger partial charge < -0.3 is 4.42 Å². The molecule has 0 saturated heterocycles. The number of aromatic nitrogens is 4. The fraction of sp³-hybridized carbons (Fsp3) is 0. The molecule has 0 fully saturated rings. The third-order valence-corrected chi connectivity index (χ3v) is 11.2. The maximum atomic E-state index is 6.44. The van der Waals surface area contributed by atoms with Gasteiger partial charge in [-0.3, -0.25) is 4.57 Å². The lowest BCUT2D eigenvalue weighted by Gasteiger charge is -2.15. The van der Waals surface area contributed by atoms with Crippen LogP contribution < -0.4 is 0 Å². The van der Waals surface area contributed by atoms with Gasteiger partial charge in [-0.15, -0.1) is 0 Å². The number of para-hydroxylation sites is 2. The first-order chi connectivity index (χ1) is 27.8. The van der Waals surface area contributed by atoms with Gasteiger partial charge in [0.05, 0.1) is 11.0 Å². The van der Waals surface area contributed by atoms with Crippen molar-refractivity contribution in [3.63, 3.8) is 0 Å². The molecule has 0 aliphatic carbocycles. The molecule has 0 spiro atoms. The molecule has 3 heterocycles. The zero-order chi connectivity index (χ0) is 36.7. The zero-order valence-corrected chi connectivity index (χ0v) is 30.0. The maximum absolute atomic E-state index is 6.44. The fourth-order valence-corrected chi connectivity index (χ4v) is 8.78. The Morgan fingerprint density at radius 2 is 0.964 bits per heavy atom. The lowest BCUT2D eigenvalue weighted by atomic mass is 9.95. The summed E-state index contributed by atoms with van der Waals surface area (Å²) in [6.07, 6.45) is 0. The molecule has 12 aromatic rings. The normalized spacial score (nSPS) is 11.9. The smallest absolute Gasteiger partial charge is 0.238 e. The van der Waals surface area contributed by atoms with E-state index in [4.69, 9.17) is 19.4 Å². The van der Waals surface area contributed by atoms with Crippen LogP contribution in [0, 0.1) is 0 Å². The predicted molar refractivity (Wildman–Crippen MR) is 230 cm³/mol. The average Bonchev–Trinajstić information content (AvgIpc) is 3.83. The highest BCUT2D eigenvalue weighted by atomic mass is 16.3. The monoisotopic (exact) mass is 714 g/mol. The zero-order valence-electron chi connectivity index (χ0n) is 30.0. The molecule has 0 bridgehead atoms. The van der Waals surface area contributed by atoms with E-state index in [9.17, 15) is 0 Å². The Morgan fingerprint density at radius 3 is 1.80 bits per heavy atom. The van der Waals surface area contributed by atoms with E-state index in [1.54, 1.807) is 0 Å². The number of nitrogens with zero attached hydrogens (tertiary/aromatic N) is 4. The SMILES string of the molecule is c1ccc(-c2nc(-c3ccc4ccccc4c3)nc(-n3c4c(-c5cccc6oc7ccccc7c56)cccc4c4c5ccccc5c5ccccc5c43)n2)cc1. The first-order valence-corrected chi connectivity index (χ1v) is 18.9. The van der Waals surface area contributed by atoms with Gasteiger partial charge in [-0.1, -0.05) is 164 Å². The second-order valence-corrected chi connectivity index (χ2v) is 14.3. The van der Waals surface area contributed by atoms with Crippen LogP contribution in [0.2, 0.25) is 0 Å². The molecule has 5 nitrogen and oxygen atoms in total. The largest absolute Gasteiger partial charge is 0.456 e.